The number of phenols is 1. The molecule has 3 aromatic carbocycles. The average molecular weight is 455 g/mol. The molecule has 4 nitrogen and oxygen atoms in total. The SMILES string of the molecule is CCOc1cccc([C@H]2CC(c3ccc(C)cc3)=N[C@@H](c3ccc(Cl)cc3Cl)N2)c1O. The summed E-state index contributed by atoms with van der Waals surface area (Å²) in [4.78, 5) is 4.97. The van der Waals surface area contributed by atoms with E-state index in [1.54, 1.807) is 12.1 Å². The van der Waals surface area contributed by atoms with Crippen LogP contribution in [0.25, 0.3) is 0 Å². The number of aryl methyl sites for hydroxylation is 1. The highest BCUT2D eigenvalue weighted by atomic mass is 35.5. The molecule has 6 heteroatoms. The number of halogens is 2. The lowest BCUT2D eigenvalue weighted by Gasteiger charge is -2.31. The van der Waals surface area contributed by atoms with Crippen LogP contribution in [0.3, 0.4) is 0 Å². The number of rotatable bonds is 5. The molecule has 160 valence electrons. The van der Waals surface area contributed by atoms with Gasteiger partial charge in [-0.15, -0.1) is 0 Å². The summed E-state index contributed by atoms with van der Waals surface area (Å²) >= 11 is 12.6. The van der Waals surface area contributed by atoms with Crippen LogP contribution in [0.4, 0.5) is 0 Å². The molecule has 0 unspecified atom stereocenters. The largest absolute Gasteiger partial charge is 0.504 e. The monoisotopic (exact) mass is 454 g/mol. The van der Waals surface area contributed by atoms with E-state index in [1.165, 1.54) is 5.56 Å². The van der Waals surface area contributed by atoms with Gasteiger partial charge >= 0.3 is 0 Å². The number of aliphatic imine (C=N–C) groups is 1. The lowest BCUT2D eigenvalue weighted by atomic mass is 9.93. The molecule has 0 saturated carbocycles. The molecule has 2 atom stereocenters. The Morgan fingerprint density at radius 1 is 1.06 bits per heavy atom. The van der Waals surface area contributed by atoms with Crippen molar-refractivity contribution >= 4 is 28.9 Å². The van der Waals surface area contributed by atoms with Crippen LogP contribution in [0.2, 0.25) is 10.0 Å². The van der Waals surface area contributed by atoms with Crippen molar-refractivity contribution in [1.29, 1.82) is 0 Å². The van der Waals surface area contributed by atoms with Crippen LogP contribution in [-0.2, 0) is 0 Å². The number of hydrogen-bond donors (Lipinski definition) is 2. The first-order chi connectivity index (χ1) is 15.0. The summed E-state index contributed by atoms with van der Waals surface area (Å²) in [6, 6.07) is 19.1. The van der Waals surface area contributed by atoms with Crippen LogP contribution < -0.4 is 10.1 Å². The van der Waals surface area contributed by atoms with Crippen molar-refractivity contribution < 1.29 is 9.84 Å². The van der Waals surface area contributed by atoms with Crippen molar-refractivity contribution in [3.63, 3.8) is 0 Å². The van der Waals surface area contributed by atoms with Crippen molar-refractivity contribution in [1.82, 2.24) is 5.32 Å². The summed E-state index contributed by atoms with van der Waals surface area (Å²) in [5.41, 5.74) is 4.78. The van der Waals surface area contributed by atoms with E-state index in [2.05, 4.69) is 36.5 Å². The Labute approximate surface area is 192 Å². The zero-order chi connectivity index (χ0) is 22.0. The van der Waals surface area contributed by atoms with Gasteiger partial charge in [0.05, 0.1) is 6.61 Å². The minimum absolute atomic E-state index is 0.146. The Morgan fingerprint density at radius 3 is 2.55 bits per heavy atom. The van der Waals surface area contributed by atoms with E-state index < -0.39 is 0 Å². The second-order valence-corrected chi connectivity index (χ2v) is 8.40. The minimum Gasteiger partial charge on any atom is -0.504 e. The molecule has 0 aromatic heterocycles. The van der Waals surface area contributed by atoms with Gasteiger partial charge in [0.1, 0.15) is 6.17 Å². The summed E-state index contributed by atoms with van der Waals surface area (Å²) < 4.78 is 5.59. The quantitative estimate of drug-likeness (QED) is 0.454. The van der Waals surface area contributed by atoms with Gasteiger partial charge in [-0.05, 0) is 37.6 Å². The molecule has 0 spiro atoms. The third-order valence-corrected chi connectivity index (χ3v) is 5.95. The van der Waals surface area contributed by atoms with Gasteiger partial charge in [-0.25, -0.2) is 0 Å². The van der Waals surface area contributed by atoms with Crippen LogP contribution in [0.1, 0.15) is 47.8 Å². The molecule has 0 amide bonds. The second-order valence-electron chi connectivity index (χ2n) is 7.56. The third kappa shape index (κ3) is 4.72. The van der Waals surface area contributed by atoms with Crippen molar-refractivity contribution in [2.75, 3.05) is 6.61 Å². The molecule has 1 aliphatic heterocycles. The molecule has 1 aliphatic rings. The van der Waals surface area contributed by atoms with Gasteiger partial charge in [0.25, 0.3) is 0 Å². The fraction of sp³-hybridized carbons (Fsp3) is 0.240. The summed E-state index contributed by atoms with van der Waals surface area (Å²) in [5.74, 6) is 0.621. The molecule has 0 bridgehead atoms. The first kappa shape index (κ1) is 21.7. The zero-order valence-electron chi connectivity index (χ0n) is 17.4. The van der Waals surface area contributed by atoms with E-state index in [1.807, 2.05) is 31.2 Å². The number of nitrogens with zero attached hydrogens (tertiary/aromatic N) is 1. The van der Waals surface area contributed by atoms with E-state index in [0.717, 1.165) is 22.4 Å². The maximum Gasteiger partial charge on any atom is 0.162 e. The standard InChI is InChI=1S/C25H24Cl2N2O2/c1-3-31-23-6-4-5-19(24(23)30)22-14-21(16-9-7-15(2)8-10-16)28-25(29-22)18-12-11-17(26)13-20(18)27/h4-13,22,25,29-30H,3,14H2,1-2H3/t22-,25-/m1/s1. The third-order valence-electron chi connectivity index (χ3n) is 5.39. The Kier molecular flexibility index (Phi) is 6.51. The number of hydrogen-bond acceptors (Lipinski definition) is 4. The molecule has 0 saturated heterocycles. The summed E-state index contributed by atoms with van der Waals surface area (Å²) in [6.45, 7) is 4.43. The lowest BCUT2D eigenvalue weighted by Crippen LogP contribution is -2.33. The molecular formula is C25H24Cl2N2O2. The molecule has 3 aromatic rings. The average Bonchev–Trinajstić information content (AvgIpc) is 2.75. The van der Waals surface area contributed by atoms with Crippen molar-refractivity contribution in [3.05, 3.63) is 93.0 Å². The molecule has 0 fully saturated rings. The van der Waals surface area contributed by atoms with Crippen LogP contribution >= 0.6 is 23.2 Å². The maximum atomic E-state index is 10.9. The molecule has 2 N–H and O–H groups in total. The van der Waals surface area contributed by atoms with Gasteiger partial charge in [-0.1, -0.05) is 71.2 Å². The molecule has 4 rings (SSSR count). The summed E-state index contributed by atoms with van der Waals surface area (Å²) in [7, 11) is 0. The Morgan fingerprint density at radius 2 is 1.84 bits per heavy atom. The fourth-order valence-electron chi connectivity index (χ4n) is 3.80. The van der Waals surface area contributed by atoms with Gasteiger partial charge in [0.2, 0.25) is 0 Å². The summed E-state index contributed by atoms with van der Waals surface area (Å²) in [5, 5.41) is 15.5. The smallest absolute Gasteiger partial charge is 0.162 e. The molecule has 0 radical (unpaired) electrons. The number of aromatic hydroxyl groups is 1. The van der Waals surface area contributed by atoms with E-state index in [4.69, 9.17) is 32.9 Å². The molecule has 31 heavy (non-hydrogen) atoms. The normalized spacial score (nSPS) is 18.5. The number of ether oxygens (including phenoxy) is 1. The highest BCUT2D eigenvalue weighted by Gasteiger charge is 2.29. The van der Waals surface area contributed by atoms with Crippen LogP contribution in [-0.4, -0.2) is 17.4 Å². The topological polar surface area (TPSA) is 53.8 Å². The highest BCUT2D eigenvalue weighted by Crippen LogP contribution is 2.40. The number of para-hydroxylation sites is 1. The van der Waals surface area contributed by atoms with Crippen molar-refractivity contribution in [3.8, 4) is 11.5 Å². The zero-order valence-corrected chi connectivity index (χ0v) is 18.9. The summed E-state index contributed by atoms with van der Waals surface area (Å²) in [6.07, 6.45) is 0.239. The maximum absolute atomic E-state index is 10.9. The van der Waals surface area contributed by atoms with Crippen LogP contribution in [0.5, 0.6) is 11.5 Å². The molecule has 0 aliphatic carbocycles. The predicted molar refractivity (Wildman–Crippen MR) is 127 cm³/mol. The van der Waals surface area contributed by atoms with E-state index in [9.17, 15) is 5.11 Å². The van der Waals surface area contributed by atoms with Crippen molar-refractivity contribution in [2.45, 2.75) is 32.5 Å². The molecule has 1 heterocycles. The molecular weight excluding hydrogens is 431 g/mol. The Balaban J connectivity index is 1.77. The fourth-order valence-corrected chi connectivity index (χ4v) is 4.31. The minimum atomic E-state index is -0.380. The van der Waals surface area contributed by atoms with E-state index >= 15 is 0 Å². The van der Waals surface area contributed by atoms with Gasteiger partial charge in [0, 0.05) is 39.3 Å². The number of nitrogens with one attached hydrogen (secondary N) is 1. The lowest BCUT2D eigenvalue weighted by molar-refractivity contribution is 0.313. The Bertz CT molecular complexity index is 1110. The van der Waals surface area contributed by atoms with E-state index in [-0.39, 0.29) is 18.0 Å². The van der Waals surface area contributed by atoms with E-state index in [0.29, 0.717) is 28.8 Å². The number of phenolic OH excluding ortho intramolecular Hbond substituents is 1. The highest BCUT2D eigenvalue weighted by molar-refractivity contribution is 6.35. The van der Waals surface area contributed by atoms with Gasteiger partial charge in [0.15, 0.2) is 11.5 Å². The van der Waals surface area contributed by atoms with Gasteiger partial charge in [-0.2, -0.15) is 0 Å². The number of benzene rings is 3. The predicted octanol–water partition coefficient (Wildman–Crippen LogP) is 6.63. The first-order valence-electron chi connectivity index (χ1n) is 10.3. The Hall–Kier alpha value is -2.53. The van der Waals surface area contributed by atoms with Crippen LogP contribution in [0, 0.1) is 6.92 Å². The van der Waals surface area contributed by atoms with Gasteiger partial charge in [-0.3, -0.25) is 10.3 Å². The first-order valence-corrected chi connectivity index (χ1v) is 11.0. The van der Waals surface area contributed by atoms with Crippen molar-refractivity contribution in [2.24, 2.45) is 4.99 Å². The van der Waals surface area contributed by atoms with Crippen LogP contribution in [0.15, 0.2) is 65.7 Å². The van der Waals surface area contributed by atoms with Gasteiger partial charge < -0.3 is 9.84 Å². The second kappa shape index (κ2) is 9.31.